The summed E-state index contributed by atoms with van der Waals surface area (Å²) in [4.78, 5) is 7.86. The second-order valence-corrected chi connectivity index (χ2v) is 4.87. The zero-order valence-electron chi connectivity index (χ0n) is 10.6. The lowest BCUT2D eigenvalue weighted by molar-refractivity contribution is -0.137. The van der Waals surface area contributed by atoms with Crippen LogP contribution < -0.4 is 16.6 Å². The van der Waals surface area contributed by atoms with Crippen LogP contribution in [-0.4, -0.2) is 9.97 Å². The molecule has 0 fully saturated rings. The number of nitrogens with one attached hydrogen (secondary N) is 2. The van der Waals surface area contributed by atoms with Crippen molar-refractivity contribution in [3.63, 3.8) is 0 Å². The van der Waals surface area contributed by atoms with Crippen LogP contribution in [0.15, 0.2) is 35.1 Å². The van der Waals surface area contributed by atoms with Crippen molar-refractivity contribution in [1.82, 2.24) is 9.97 Å². The van der Waals surface area contributed by atoms with Crippen LogP contribution in [0.4, 0.5) is 24.8 Å². The Morgan fingerprint density at radius 2 is 1.90 bits per heavy atom. The van der Waals surface area contributed by atoms with E-state index in [0.29, 0.717) is 21.7 Å². The third-order valence-corrected chi connectivity index (χ3v) is 3.39. The average Bonchev–Trinajstić information content (AvgIpc) is 2.45. The van der Waals surface area contributed by atoms with E-state index in [1.165, 1.54) is 12.4 Å². The Balaban J connectivity index is 2.14. The molecule has 0 bridgehead atoms. The number of alkyl halides is 3. The van der Waals surface area contributed by atoms with Gasteiger partial charge in [0, 0.05) is 6.54 Å². The van der Waals surface area contributed by atoms with E-state index in [1.54, 1.807) is 6.07 Å². The molecule has 2 rings (SSSR count). The van der Waals surface area contributed by atoms with Crippen molar-refractivity contribution in [2.75, 3.05) is 10.7 Å². The van der Waals surface area contributed by atoms with Gasteiger partial charge < -0.3 is 10.7 Å². The van der Waals surface area contributed by atoms with Crippen LogP contribution in [0.1, 0.15) is 11.1 Å². The molecule has 0 saturated heterocycles. The highest BCUT2D eigenvalue weighted by atomic mass is 79.9. The second kappa shape index (κ2) is 6.27. The molecule has 0 radical (unpaired) electrons. The topological polar surface area (TPSA) is 75.9 Å². The van der Waals surface area contributed by atoms with E-state index in [0.717, 1.165) is 12.1 Å². The fraction of sp³-hybridized carbons (Fsp3) is 0.167. The Hall–Kier alpha value is -1.87. The summed E-state index contributed by atoms with van der Waals surface area (Å²) >= 11 is 3.25. The summed E-state index contributed by atoms with van der Waals surface area (Å²) in [6.45, 7) is 0.184. The highest BCUT2D eigenvalue weighted by molar-refractivity contribution is 9.10. The molecule has 0 saturated carbocycles. The molecular formula is C12H11BrF3N5. The first-order chi connectivity index (χ1) is 9.91. The van der Waals surface area contributed by atoms with Gasteiger partial charge in [-0.15, -0.1) is 0 Å². The van der Waals surface area contributed by atoms with Crippen molar-refractivity contribution in [2.24, 2.45) is 5.84 Å². The number of aromatic nitrogens is 2. The first-order valence-electron chi connectivity index (χ1n) is 5.79. The van der Waals surface area contributed by atoms with E-state index in [9.17, 15) is 13.2 Å². The molecule has 1 aromatic heterocycles. The van der Waals surface area contributed by atoms with Crippen LogP contribution in [0, 0.1) is 0 Å². The van der Waals surface area contributed by atoms with Gasteiger partial charge in [-0.1, -0.05) is 12.1 Å². The van der Waals surface area contributed by atoms with Crippen LogP contribution in [0.25, 0.3) is 0 Å². The lowest BCUT2D eigenvalue weighted by Gasteiger charge is -2.11. The van der Waals surface area contributed by atoms with Crippen molar-refractivity contribution in [3.05, 3.63) is 46.2 Å². The zero-order valence-corrected chi connectivity index (χ0v) is 12.2. The van der Waals surface area contributed by atoms with Crippen LogP contribution in [-0.2, 0) is 12.7 Å². The summed E-state index contributed by atoms with van der Waals surface area (Å²) in [6, 6.07) is 5.08. The Labute approximate surface area is 126 Å². The first-order valence-corrected chi connectivity index (χ1v) is 6.58. The molecule has 1 heterocycles. The van der Waals surface area contributed by atoms with Gasteiger partial charge in [0.1, 0.15) is 16.6 Å². The van der Waals surface area contributed by atoms with Crippen LogP contribution in [0.5, 0.6) is 0 Å². The van der Waals surface area contributed by atoms with Crippen LogP contribution >= 0.6 is 15.9 Å². The number of hydrazine groups is 1. The summed E-state index contributed by atoms with van der Waals surface area (Å²) in [5.41, 5.74) is 2.17. The monoisotopic (exact) mass is 361 g/mol. The van der Waals surface area contributed by atoms with Crippen molar-refractivity contribution < 1.29 is 13.2 Å². The molecule has 0 spiro atoms. The molecule has 21 heavy (non-hydrogen) atoms. The largest absolute Gasteiger partial charge is 0.416 e. The molecule has 2 aromatic rings. The predicted molar refractivity (Wildman–Crippen MR) is 76.3 cm³/mol. The molecule has 0 amide bonds. The molecule has 0 aliphatic rings. The number of rotatable bonds is 4. The van der Waals surface area contributed by atoms with Crippen molar-refractivity contribution in [2.45, 2.75) is 12.7 Å². The molecule has 5 nitrogen and oxygen atoms in total. The van der Waals surface area contributed by atoms with Gasteiger partial charge in [0.25, 0.3) is 0 Å². The molecule has 0 unspecified atom stereocenters. The quantitative estimate of drug-likeness (QED) is 0.576. The maximum atomic E-state index is 12.6. The summed E-state index contributed by atoms with van der Waals surface area (Å²) in [5, 5.41) is 2.92. The highest BCUT2D eigenvalue weighted by Gasteiger charge is 2.30. The number of benzene rings is 1. The molecule has 4 N–H and O–H groups in total. The summed E-state index contributed by atoms with van der Waals surface area (Å²) in [5.74, 6) is 6.07. The maximum Gasteiger partial charge on any atom is 0.416 e. The van der Waals surface area contributed by atoms with Gasteiger partial charge >= 0.3 is 6.18 Å². The number of hydrogen-bond donors (Lipinski definition) is 3. The Morgan fingerprint density at radius 3 is 2.57 bits per heavy atom. The lowest BCUT2D eigenvalue weighted by Crippen LogP contribution is -2.11. The van der Waals surface area contributed by atoms with Gasteiger partial charge in [-0.25, -0.2) is 15.8 Å². The normalized spacial score (nSPS) is 11.3. The second-order valence-electron chi connectivity index (χ2n) is 4.08. The fourth-order valence-electron chi connectivity index (χ4n) is 1.64. The third kappa shape index (κ3) is 3.82. The van der Waals surface area contributed by atoms with E-state index < -0.39 is 11.7 Å². The van der Waals surface area contributed by atoms with E-state index >= 15 is 0 Å². The molecule has 9 heteroatoms. The fourth-order valence-corrected chi connectivity index (χ4v) is 2.10. The van der Waals surface area contributed by atoms with Gasteiger partial charge in [-0.05, 0) is 33.6 Å². The minimum atomic E-state index is -4.36. The minimum absolute atomic E-state index is 0.184. The third-order valence-electron chi connectivity index (χ3n) is 2.64. The molecule has 0 atom stereocenters. The van der Waals surface area contributed by atoms with Crippen LogP contribution in [0.3, 0.4) is 0 Å². The minimum Gasteiger partial charge on any atom is -0.365 e. The molecular weight excluding hydrogens is 351 g/mol. The molecule has 112 valence electrons. The number of hydrogen-bond acceptors (Lipinski definition) is 5. The Morgan fingerprint density at radius 1 is 1.19 bits per heavy atom. The number of halogens is 4. The number of nitrogen functional groups attached to an aromatic ring is 1. The number of nitrogens with two attached hydrogens (primary N) is 1. The highest BCUT2D eigenvalue weighted by Crippen LogP contribution is 2.30. The molecule has 0 aliphatic carbocycles. The van der Waals surface area contributed by atoms with Crippen molar-refractivity contribution in [1.29, 1.82) is 0 Å². The first kappa shape index (κ1) is 15.5. The summed E-state index contributed by atoms with van der Waals surface area (Å²) in [6.07, 6.45) is -3.07. The summed E-state index contributed by atoms with van der Waals surface area (Å²) < 4.78 is 38.4. The van der Waals surface area contributed by atoms with Gasteiger partial charge in [0.2, 0.25) is 0 Å². The smallest absolute Gasteiger partial charge is 0.365 e. The van der Waals surface area contributed by atoms with E-state index in [2.05, 4.69) is 36.6 Å². The van der Waals surface area contributed by atoms with Crippen LogP contribution in [0.2, 0.25) is 0 Å². The molecule has 0 aliphatic heterocycles. The lowest BCUT2D eigenvalue weighted by atomic mass is 10.1. The number of anilines is 2. The van der Waals surface area contributed by atoms with Gasteiger partial charge in [-0.3, -0.25) is 0 Å². The van der Waals surface area contributed by atoms with E-state index in [-0.39, 0.29) is 6.54 Å². The number of nitrogens with zero attached hydrogens (tertiary/aromatic N) is 2. The van der Waals surface area contributed by atoms with E-state index in [1.807, 2.05) is 0 Å². The van der Waals surface area contributed by atoms with Crippen molar-refractivity contribution >= 4 is 27.6 Å². The van der Waals surface area contributed by atoms with Gasteiger partial charge in [0.15, 0.2) is 5.82 Å². The molecule has 1 aromatic carbocycles. The Kier molecular flexibility index (Phi) is 4.63. The zero-order chi connectivity index (χ0) is 15.5. The summed E-state index contributed by atoms with van der Waals surface area (Å²) in [7, 11) is 0. The average molecular weight is 362 g/mol. The standard InChI is InChI=1S/C12H11BrF3N5/c13-9-10(19-6-20-11(9)21-17)18-5-7-2-1-3-8(4-7)12(14,15)16/h1-4,6H,5,17H2,(H2,18,19,20,21). The van der Waals surface area contributed by atoms with E-state index in [4.69, 9.17) is 5.84 Å². The maximum absolute atomic E-state index is 12.6. The Bertz CT molecular complexity index is 633. The van der Waals surface area contributed by atoms with Gasteiger partial charge in [-0.2, -0.15) is 13.2 Å². The van der Waals surface area contributed by atoms with Crippen molar-refractivity contribution in [3.8, 4) is 0 Å². The van der Waals surface area contributed by atoms with Gasteiger partial charge in [0.05, 0.1) is 5.56 Å². The predicted octanol–water partition coefficient (Wildman–Crippen LogP) is 3.16. The SMILES string of the molecule is NNc1ncnc(NCc2cccc(C(F)(F)F)c2)c1Br.